The van der Waals surface area contributed by atoms with E-state index in [0.717, 1.165) is 27.9 Å². The predicted molar refractivity (Wildman–Crippen MR) is 136 cm³/mol. The molecule has 0 aliphatic carbocycles. The number of nitrogens with one attached hydrogen (secondary N) is 1. The van der Waals surface area contributed by atoms with E-state index in [1.807, 2.05) is 92.9 Å². The van der Waals surface area contributed by atoms with Crippen LogP contribution in [0.5, 0.6) is 0 Å². The molecule has 4 rings (SSSR count). The number of para-hydroxylation sites is 1. The highest BCUT2D eigenvalue weighted by Crippen LogP contribution is 2.30. The number of halogens is 1. The lowest BCUT2D eigenvalue weighted by atomic mass is 10.00. The number of pyridine rings is 1. The Morgan fingerprint density at radius 2 is 1.52 bits per heavy atom. The molecule has 0 radical (unpaired) electrons. The Morgan fingerprint density at radius 3 is 2.18 bits per heavy atom. The maximum atomic E-state index is 13.6. The zero-order chi connectivity index (χ0) is 23.7. The minimum atomic E-state index is -0.440. The van der Waals surface area contributed by atoms with Gasteiger partial charge in [-0.05, 0) is 68.7 Å². The number of carbonyl (C=O) groups is 1. The van der Waals surface area contributed by atoms with Gasteiger partial charge in [-0.2, -0.15) is 0 Å². The van der Waals surface area contributed by atoms with Gasteiger partial charge in [0.05, 0.1) is 5.69 Å². The summed E-state index contributed by atoms with van der Waals surface area (Å²) in [6, 6.07) is 22.5. The first-order chi connectivity index (χ1) is 15.8. The lowest BCUT2D eigenvalue weighted by Crippen LogP contribution is -2.26. The average Bonchev–Trinajstić information content (AvgIpc) is 2.75. The Balaban J connectivity index is 2.02. The van der Waals surface area contributed by atoms with E-state index in [-0.39, 0.29) is 11.0 Å². The van der Waals surface area contributed by atoms with Gasteiger partial charge in [-0.1, -0.05) is 59.6 Å². The van der Waals surface area contributed by atoms with E-state index >= 15 is 0 Å². The van der Waals surface area contributed by atoms with E-state index in [1.54, 1.807) is 6.07 Å². The van der Waals surface area contributed by atoms with Crippen LogP contribution in [-0.2, 0) is 0 Å². The van der Waals surface area contributed by atoms with Crippen LogP contribution >= 0.6 is 11.6 Å². The predicted octanol–water partition coefficient (Wildman–Crippen LogP) is 6.64. The van der Waals surface area contributed by atoms with E-state index in [0.29, 0.717) is 22.1 Å². The van der Waals surface area contributed by atoms with E-state index in [2.05, 4.69) is 5.32 Å². The summed E-state index contributed by atoms with van der Waals surface area (Å²) < 4.78 is 1.92. The largest absolute Gasteiger partial charge is 0.321 e. The first-order valence-electron chi connectivity index (χ1n) is 10.7. The number of hydrogen-bond donors (Lipinski definition) is 1. The number of aryl methyl sites for hydroxylation is 4. The van der Waals surface area contributed by atoms with Crippen LogP contribution in [0, 0.1) is 27.7 Å². The number of benzene rings is 3. The fraction of sp³-hybridized carbons (Fsp3) is 0.143. The molecule has 1 heterocycles. The molecule has 0 fully saturated rings. The summed E-state index contributed by atoms with van der Waals surface area (Å²) in [5, 5.41) is 3.56. The van der Waals surface area contributed by atoms with Gasteiger partial charge < -0.3 is 9.88 Å². The second-order valence-electron chi connectivity index (χ2n) is 8.28. The number of aromatic nitrogens is 1. The van der Waals surface area contributed by atoms with Gasteiger partial charge in [0, 0.05) is 28.2 Å². The lowest BCUT2D eigenvalue weighted by molar-refractivity contribution is 0.102. The van der Waals surface area contributed by atoms with Gasteiger partial charge in [0.15, 0.2) is 5.43 Å². The fourth-order valence-corrected chi connectivity index (χ4v) is 4.34. The number of anilines is 1. The van der Waals surface area contributed by atoms with Crippen molar-refractivity contribution in [2.24, 2.45) is 0 Å². The summed E-state index contributed by atoms with van der Waals surface area (Å²) >= 11 is 6.29. The molecule has 0 aliphatic heterocycles. The van der Waals surface area contributed by atoms with Crippen LogP contribution in [0.1, 0.15) is 32.7 Å². The molecule has 166 valence electrons. The zero-order valence-corrected chi connectivity index (χ0v) is 19.8. The maximum absolute atomic E-state index is 13.6. The smallest absolute Gasteiger partial charge is 0.261 e. The van der Waals surface area contributed by atoms with Gasteiger partial charge in [0.25, 0.3) is 5.91 Å². The summed E-state index contributed by atoms with van der Waals surface area (Å²) in [6.07, 6.45) is 0. The van der Waals surface area contributed by atoms with Crippen LogP contribution in [-0.4, -0.2) is 10.5 Å². The third kappa shape index (κ3) is 4.48. The van der Waals surface area contributed by atoms with Crippen molar-refractivity contribution < 1.29 is 4.79 Å². The van der Waals surface area contributed by atoms with Crippen molar-refractivity contribution >= 4 is 23.2 Å². The van der Waals surface area contributed by atoms with Crippen LogP contribution in [0.3, 0.4) is 0 Å². The third-order valence-corrected chi connectivity index (χ3v) is 5.94. The Hall–Kier alpha value is -3.63. The van der Waals surface area contributed by atoms with Crippen molar-refractivity contribution in [1.82, 2.24) is 4.57 Å². The summed E-state index contributed by atoms with van der Waals surface area (Å²) in [6.45, 7) is 7.71. The topological polar surface area (TPSA) is 51.1 Å². The fourth-order valence-electron chi connectivity index (χ4n) is 4.15. The molecule has 0 spiro atoms. The van der Waals surface area contributed by atoms with Crippen LogP contribution in [0.15, 0.2) is 77.6 Å². The number of hydrogen-bond acceptors (Lipinski definition) is 2. The molecule has 0 saturated heterocycles. The minimum Gasteiger partial charge on any atom is -0.321 e. The van der Waals surface area contributed by atoms with Crippen LogP contribution < -0.4 is 10.7 Å². The molecular formula is C28H25ClN2O2. The molecule has 33 heavy (non-hydrogen) atoms. The second kappa shape index (κ2) is 9.08. The van der Waals surface area contributed by atoms with E-state index < -0.39 is 5.91 Å². The summed E-state index contributed by atoms with van der Waals surface area (Å²) in [5.74, 6) is -0.440. The molecule has 5 heteroatoms. The number of nitrogens with zero attached hydrogens (tertiary/aromatic N) is 1. The molecule has 1 aromatic heterocycles. The molecule has 4 nitrogen and oxygen atoms in total. The Labute approximate surface area is 198 Å². The van der Waals surface area contributed by atoms with Crippen LogP contribution in [0.2, 0.25) is 5.02 Å². The molecule has 0 unspecified atom stereocenters. The van der Waals surface area contributed by atoms with Gasteiger partial charge in [0.1, 0.15) is 5.56 Å². The lowest BCUT2D eigenvalue weighted by Gasteiger charge is -2.21. The van der Waals surface area contributed by atoms with Crippen molar-refractivity contribution in [3.63, 3.8) is 0 Å². The number of carbonyl (C=O) groups excluding carboxylic acids is 1. The quantitative estimate of drug-likeness (QED) is 0.374. The Bertz CT molecular complexity index is 1420. The van der Waals surface area contributed by atoms with Crippen LogP contribution in [0.4, 0.5) is 5.69 Å². The molecule has 0 atom stereocenters. The van der Waals surface area contributed by atoms with E-state index in [4.69, 9.17) is 11.6 Å². The van der Waals surface area contributed by atoms with Crippen molar-refractivity contribution in [2.45, 2.75) is 27.7 Å². The number of amides is 1. The Morgan fingerprint density at radius 1 is 0.848 bits per heavy atom. The van der Waals surface area contributed by atoms with Crippen molar-refractivity contribution in [3.8, 4) is 16.9 Å². The highest BCUT2D eigenvalue weighted by molar-refractivity contribution is 6.30. The standard InChI is InChI=1S/C28H25ClN2O2/c1-17-8-5-11-21(14-17)27-25(28(33)30-26-18(2)9-6-10-19(26)3)24(32)15-20(4)31(27)23-13-7-12-22(29)16-23/h5-16H,1-4H3,(H,30,33). The molecule has 1 N–H and O–H groups in total. The molecule has 0 saturated carbocycles. The van der Waals surface area contributed by atoms with E-state index in [1.165, 1.54) is 6.07 Å². The molecule has 4 aromatic rings. The molecular weight excluding hydrogens is 432 g/mol. The highest BCUT2D eigenvalue weighted by atomic mass is 35.5. The SMILES string of the molecule is Cc1cccc(-c2c(C(=O)Nc3c(C)cccc3C)c(=O)cc(C)n2-c2cccc(Cl)c2)c1. The summed E-state index contributed by atoms with van der Waals surface area (Å²) in [5.41, 5.74) is 6.18. The van der Waals surface area contributed by atoms with Gasteiger partial charge in [-0.15, -0.1) is 0 Å². The summed E-state index contributed by atoms with van der Waals surface area (Å²) in [7, 11) is 0. The highest BCUT2D eigenvalue weighted by Gasteiger charge is 2.23. The van der Waals surface area contributed by atoms with Crippen LogP contribution in [0.25, 0.3) is 16.9 Å². The average molecular weight is 457 g/mol. The first-order valence-corrected chi connectivity index (χ1v) is 11.1. The van der Waals surface area contributed by atoms with Crippen molar-refractivity contribution in [3.05, 3.63) is 116 Å². The Kier molecular flexibility index (Phi) is 6.21. The van der Waals surface area contributed by atoms with Gasteiger partial charge in [-0.25, -0.2) is 0 Å². The molecule has 0 bridgehead atoms. The third-order valence-electron chi connectivity index (χ3n) is 5.70. The van der Waals surface area contributed by atoms with Crippen molar-refractivity contribution in [2.75, 3.05) is 5.32 Å². The molecule has 1 amide bonds. The monoisotopic (exact) mass is 456 g/mol. The first kappa shape index (κ1) is 22.6. The normalized spacial score (nSPS) is 10.8. The van der Waals surface area contributed by atoms with E-state index in [9.17, 15) is 9.59 Å². The van der Waals surface area contributed by atoms with Gasteiger partial charge in [0.2, 0.25) is 0 Å². The maximum Gasteiger partial charge on any atom is 0.261 e. The molecule has 0 aliphatic rings. The van der Waals surface area contributed by atoms with Gasteiger partial charge >= 0.3 is 0 Å². The minimum absolute atomic E-state index is 0.0915. The number of rotatable bonds is 4. The van der Waals surface area contributed by atoms with Gasteiger partial charge in [-0.3, -0.25) is 9.59 Å². The summed E-state index contributed by atoms with van der Waals surface area (Å²) in [4.78, 5) is 26.9. The molecule has 3 aromatic carbocycles. The van der Waals surface area contributed by atoms with Crippen molar-refractivity contribution in [1.29, 1.82) is 0 Å². The zero-order valence-electron chi connectivity index (χ0n) is 19.1. The second-order valence-corrected chi connectivity index (χ2v) is 8.72.